The largest absolute Gasteiger partial charge is 0.0552 e. The van der Waals surface area contributed by atoms with E-state index in [4.69, 9.17) is 0 Å². The van der Waals surface area contributed by atoms with Gasteiger partial charge in [-0.1, -0.05) is 0 Å². The second kappa shape index (κ2) is 58.8. The Kier molecular flexibility index (Phi) is 62.6. The number of hydrogen-bond acceptors (Lipinski definition) is 0. The van der Waals surface area contributed by atoms with Crippen molar-refractivity contribution in [1.82, 2.24) is 0 Å². The molecule has 482 valence electrons. The van der Waals surface area contributed by atoms with Crippen LogP contribution in [0.1, 0.15) is 0 Å². The van der Waals surface area contributed by atoms with Gasteiger partial charge in [-0.3, -0.25) is 0 Å². The van der Waals surface area contributed by atoms with E-state index >= 15 is 0 Å². The molecule has 0 bridgehead atoms. The lowest BCUT2D eigenvalue weighted by molar-refractivity contribution is 3.11. The quantitative estimate of drug-likeness (QED) is 0.0533. The fraction of sp³-hybridized carbons (Fsp3) is 0. The SMILES string of the molecule is BB(B)B(B)B(B(B)B)B(B(B(B(B)B)B(B)B)B(B(B)B)B(B)B)B(B(B(B(B(B)B)B(B)B)B(B(B)B)B(B)B)B(B(B(B)B)B(B)B)B(B(B)B)B(B)B)B(B(B(B(B(B)B)B(B)B)B(B(B)B)B(B)B)B(B(B(B)B)B(B)B)B(B(B)B)B(B)B)B(B(B(B(B)B)B(B)B)B(B(B)B)B(B)B)B(B(B(B)B)B(B)B)B(B(B)B)B(B)B. The molecule has 0 saturated carbocycles. The zero-order chi connectivity index (χ0) is 95.1. The lowest BCUT2D eigenvalue weighted by Crippen LogP contribution is -3.02. The van der Waals surface area contributed by atoms with Crippen molar-refractivity contribution in [3.05, 3.63) is 0 Å². The van der Waals surface area contributed by atoms with E-state index in [0.29, 0.717) is 377 Å². The van der Waals surface area contributed by atoms with Gasteiger partial charge in [0.2, 0.25) is 0 Å². The van der Waals surface area contributed by atoms with E-state index in [1.807, 2.05) is 0 Å². The van der Waals surface area contributed by atoms with E-state index in [1.54, 1.807) is 0 Å². The highest BCUT2D eigenvalue weighted by molar-refractivity contribution is 8.46. The third kappa shape index (κ3) is 34.1. The fourth-order valence-electron chi connectivity index (χ4n) is 35.1. The molecule has 120 heteroatoms. The Bertz CT molecular complexity index is 2110. The Morgan fingerprint density at radius 2 is 0.100 bits per heavy atom. The molecule has 0 fully saturated rings. The molecule has 0 unspecified atom stereocenters. The van der Waals surface area contributed by atoms with Gasteiger partial charge >= 0.3 is 0 Å². The maximum Gasteiger partial charge on any atom is 0.0552 e. The van der Waals surface area contributed by atoms with Gasteiger partial charge in [0, 0.05) is 377 Å². The topological polar surface area (TPSA) is 0 Å². The van der Waals surface area contributed by atoms with Gasteiger partial charge < -0.3 is 0 Å². The summed E-state index contributed by atoms with van der Waals surface area (Å²) in [5.41, 5.74) is 0. The molecule has 0 spiro atoms. The van der Waals surface area contributed by atoms with E-state index in [0.717, 1.165) is 0 Å². The van der Waals surface area contributed by atoms with Crippen molar-refractivity contribution in [2.24, 2.45) is 0 Å². The van der Waals surface area contributed by atoms with Crippen LogP contribution in [0.3, 0.4) is 0 Å². The van der Waals surface area contributed by atoms with Crippen LogP contribution in [-0.4, -0.2) is 849 Å². The predicted octanol–water partition coefficient (Wildman–Crippen LogP) is -78.4. The van der Waals surface area contributed by atoms with Gasteiger partial charge in [0.15, 0.2) is 0 Å². The molecule has 0 aliphatic heterocycles. The van der Waals surface area contributed by atoms with E-state index in [1.165, 1.54) is 0 Å². The Hall–Kier alpha value is 7.79. The summed E-state index contributed by atoms with van der Waals surface area (Å²) in [5, 5.41) is 0. The molecule has 0 heterocycles. The van der Waals surface area contributed by atoms with E-state index in [9.17, 15) is 0 Å². The Balaban J connectivity index is 16.6. The first-order valence-electron chi connectivity index (χ1n) is 54.6. The Morgan fingerprint density at radius 3 is 0.150 bits per heavy atom. The smallest absolute Gasteiger partial charge is 0.000000123 e. The van der Waals surface area contributed by atoms with Crippen LogP contribution < -0.4 is 0 Å². The van der Waals surface area contributed by atoms with Crippen molar-refractivity contribution in [2.75, 3.05) is 0 Å². The van der Waals surface area contributed by atoms with Crippen molar-refractivity contribution in [3.8, 4) is 0 Å². The average molecular weight is 1420 g/mol. The summed E-state index contributed by atoms with van der Waals surface area (Å²) in [5.74, 6) is 0. The third-order valence-electron chi connectivity index (χ3n) is 36.0. The summed E-state index contributed by atoms with van der Waals surface area (Å²) in [7, 11) is 173. The molecule has 0 N–H and O–H groups in total. The summed E-state index contributed by atoms with van der Waals surface area (Å²) < 4.78 is 0. The van der Waals surface area contributed by atoms with Crippen LogP contribution in [0.5, 0.6) is 0 Å². The van der Waals surface area contributed by atoms with Gasteiger partial charge in [0.05, 0.1) is 472 Å². The summed E-state index contributed by atoms with van der Waals surface area (Å²) in [6.45, 7) is 0. The maximum atomic E-state index is 2.96. The molecule has 0 aliphatic rings. The van der Waals surface area contributed by atoms with Crippen molar-refractivity contribution in [1.29, 1.82) is 0 Å². The van der Waals surface area contributed by atoms with E-state index in [-0.39, 0.29) is 0 Å². The molecular weight excluding hydrogens is 1300 g/mol. The first kappa shape index (κ1) is 128. The van der Waals surface area contributed by atoms with Crippen LogP contribution in [0.15, 0.2) is 0 Å². The van der Waals surface area contributed by atoms with E-state index < -0.39 is 0 Å². The fourth-order valence-corrected chi connectivity index (χ4v) is 35.1. The standard InChI is InChI=1S/B120H122/c1-62(2)92(61)107(91(59)60)115(108(93(63(3)4)64(5)6)94(65(7)8)66(9)10)119(116(109(95(67(11)12)68(13)14)96(69(15)16)70(17)18)110(97(71(19)20)72(21)22)98(73(23)24)74(25)26)120(117(111(99(75(27)28)76(29)30)100(77(31)32)78(33)34)112(101(79(35)36)80(37)38)102(81(39)40)82(41)42)118(113(103(83(43)44)84(45)46)104(85(47)48)86(49)50)114(105(87(51)52)88(53)54)106(89(55)56)90(57)58/h1-61H2. The van der Waals surface area contributed by atoms with Crippen LogP contribution in [0, 0.1) is 0 Å². The minimum atomic E-state index is 0.331. The lowest BCUT2D eigenvalue weighted by Gasteiger charge is -2.64. The minimum absolute atomic E-state index is 0.331. The number of rotatable bonds is 58. The summed E-state index contributed by atoms with van der Waals surface area (Å²) >= 11 is 0. The van der Waals surface area contributed by atoms with Crippen LogP contribution in [-0.2, 0) is 0 Å². The average Bonchev–Trinajstić information content (AvgIpc) is 0.701. The summed E-state index contributed by atoms with van der Waals surface area (Å²) in [4.78, 5) is 0. The Labute approximate surface area is 839 Å². The second-order valence-electron chi connectivity index (χ2n) is 54.3. The summed E-state index contributed by atoms with van der Waals surface area (Å²) in [6.07, 6.45) is 27.9. The van der Waals surface area contributed by atoms with Crippen molar-refractivity contribution < 1.29 is 0 Å². The van der Waals surface area contributed by atoms with Gasteiger partial charge in [-0.25, -0.2) is 0 Å². The molecule has 0 nitrogen and oxygen atoms in total. The zero-order valence-electron chi connectivity index (χ0n) is 95.1. The molecule has 0 saturated heterocycles. The van der Waals surface area contributed by atoms with E-state index in [2.05, 4.69) is 472 Å². The van der Waals surface area contributed by atoms with Gasteiger partial charge in [-0.05, 0) is 0 Å². The first-order chi connectivity index (χ1) is 54.6. The number of hydrogen-bond donors (Lipinski definition) is 0. The van der Waals surface area contributed by atoms with Crippen LogP contribution in [0.4, 0.5) is 0 Å². The molecule has 0 amide bonds. The van der Waals surface area contributed by atoms with Crippen molar-refractivity contribution in [2.45, 2.75) is 0 Å². The van der Waals surface area contributed by atoms with Crippen molar-refractivity contribution in [3.63, 3.8) is 0 Å². The third-order valence-corrected chi connectivity index (χ3v) is 36.0. The van der Waals surface area contributed by atoms with Gasteiger partial charge in [-0.2, -0.15) is 0 Å². The second-order valence-corrected chi connectivity index (χ2v) is 54.3. The zero-order valence-corrected chi connectivity index (χ0v) is 95.1. The van der Waals surface area contributed by atoms with Crippen LogP contribution in [0.2, 0.25) is 0 Å². The predicted molar refractivity (Wildman–Crippen MR) is 861 cm³/mol. The molecule has 0 atom stereocenters. The highest BCUT2D eigenvalue weighted by Crippen LogP contribution is 2.33. The normalized spacial score (nSPS) is 9.87. The molecule has 120 heavy (non-hydrogen) atoms. The first-order valence-corrected chi connectivity index (χ1v) is 54.6. The Morgan fingerprint density at radius 1 is 0.0500 bits per heavy atom. The minimum Gasteiger partial charge on any atom is 0.000000123 e. The monoisotopic (exact) mass is 1440 g/mol. The lowest BCUT2D eigenvalue weighted by atomic mass is 8.17. The van der Waals surface area contributed by atoms with Gasteiger partial charge in [-0.15, -0.1) is 0 Å². The molecule has 0 aromatic heterocycles. The molecular formula is H122B120. The highest BCUT2D eigenvalue weighted by Gasteiger charge is 2.71. The highest BCUT2D eigenvalue weighted by atomic mass is 13.5. The molecule has 0 aromatic rings. The van der Waals surface area contributed by atoms with Crippen molar-refractivity contribution >= 4 is 849 Å². The maximum absolute atomic E-state index is 2.96. The van der Waals surface area contributed by atoms with Gasteiger partial charge in [0.1, 0.15) is 0 Å². The molecule has 0 rings (SSSR count). The molecule has 0 radical (unpaired) electrons. The molecule has 0 aliphatic carbocycles. The summed E-state index contributed by atoms with van der Waals surface area (Å²) in [6, 6.07) is 0. The molecule has 0 aromatic carbocycles. The van der Waals surface area contributed by atoms with Gasteiger partial charge in [0.25, 0.3) is 0 Å². The van der Waals surface area contributed by atoms with Crippen LogP contribution in [0.25, 0.3) is 0 Å². The van der Waals surface area contributed by atoms with Crippen LogP contribution >= 0.6 is 0 Å².